The first-order valence-electron chi connectivity index (χ1n) is 8.26. The van der Waals surface area contributed by atoms with Crippen molar-refractivity contribution in [3.05, 3.63) is 44.2 Å². The Kier molecular flexibility index (Phi) is 4.76. The third-order valence-electron chi connectivity index (χ3n) is 4.98. The summed E-state index contributed by atoms with van der Waals surface area (Å²) in [5.41, 5.74) is 3.76. The van der Waals surface area contributed by atoms with Gasteiger partial charge in [-0.3, -0.25) is 9.69 Å². The average Bonchev–Trinajstić information content (AvgIpc) is 2.56. The van der Waals surface area contributed by atoms with Crippen molar-refractivity contribution in [2.75, 3.05) is 32.7 Å². The summed E-state index contributed by atoms with van der Waals surface area (Å²) in [5, 5.41) is 1.43. The molecule has 23 heavy (non-hydrogen) atoms. The second-order valence-electron chi connectivity index (χ2n) is 6.36. The number of pyridine rings is 1. The van der Waals surface area contributed by atoms with Gasteiger partial charge in [0.05, 0.1) is 5.52 Å². The van der Waals surface area contributed by atoms with Crippen LogP contribution < -0.4 is 5.43 Å². The van der Waals surface area contributed by atoms with E-state index in [4.69, 9.17) is 11.6 Å². The zero-order valence-electron chi connectivity index (χ0n) is 14.1. The van der Waals surface area contributed by atoms with Crippen LogP contribution in [0.15, 0.2) is 16.9 Å². The molecule has 0 spiro atoms. The number of hydrogen-bond donors (Lipinski definition) is 1. The smallest absolute Gasteiger partial charge is 0.194 e. The number of piperazine rings is 1. The standard InChI is InChI=1S/C18H24ClN3O/c1-4-21-7-9-22(10-8-21)11-15-13(3)20-17-12(2)16(19)6-5-14(17)18(15)23/h5-6H,4,7-11H2,1-3H3,(H,20,23). The molecule has 4 nitrogen and oxygen atoms in total. The van der Waals surface area contributed by atoms with Crippen LogP contribution in [0.2, 0.25) is 5.02 Å². The quantitative estimate of drug-likeness (QED) is 0.938. The molecule has 1 aliphatic rings. The molecule has 0 bridgehead atoms. The predicted molar refractivity (Wildman–Crippen MR) is 96.4 cm³/mol. The Labute approximate surface area is 142 Å². The summed E-state index contributed by atoms with van der Waals surface area (Å²) >= 11 is 6.18. The molecule has 3 rings (SSSR count). The van der Waals surface area contributed by atoms with Gasteiger partial charge >= 0.3 is 0 Å². The highest BCUT2D eigenvalue weighted by atomic mass is 35.5. The zero-order valence-corrected chi connectivity index (χ0v) is 14.8. The van der Waals surface area contributed by atoms with Gasteiger partial charge in [-0.15, -0.1) is 0 Å². The fourth-order valence-corrected chi connectivity index (χ4v) is 3.47. The van der Waals surface area contributed by atoms with E-state index < -0.39 is 0 Å². The summed E-state index contributed by atoms with van der Waals surface area (Å²) < 4.78 is 0. The second-order valence-corrected chi connectivity index (χ2v) is 6.77. The van der Waals surface area contributed by atoms with Crippen LogP contribution in [-0.2, 0) is 6.54 Å². The van der Waals surface area contributed by atoms with Crippen LogP contribution in [-0.4, -0.2) is 47.5 Å². The van der Waals surface area contributed by atoms with Crippen molar-refractivity contribution in [2.24, 2.45) is 0 Å². The molecular weight excluding hydrogens is 310 g/mol. The minimum atomic E-state index is 0.133. The Morgan fingerprint density at radius 3 is 2.43 bits per heavy atom. The van der Waals surface area contributed by atoms with E-state index in [-0.39, 0.29) is 5.43 Å². The van der Waals surface area contributed by atoms with E-state index in [0.717, 1.165) is 67.0 Å². The highest BCUT2D eigenvalue weighted by Gasteiger charge is 2.19. The van der Waals surface area contributed by atoms with Gasteiger partial charge < -0.3 is 9.88 Å². The predicted octanol–water partition coefficient (Wildman–Crippen LogP) is 2.94. The number of aromatic nitrogens is 1. The molecule has 2 heterocycles. The normalized spacial score (nSPS) is 17.0. The molecule has 0 unspecified atom stereocenters. The first-order valence-corrected chi connectivity index (χ1v) is 8.64. The van der Waals surface area contributed by atoms with Crippen molar-refractivity contribution in [3.8, 4) is 0 Å². The minimum Gasteiger partial charge on any atom is -0.358 e. The third-order valence-corrected chi connectivity index (χ3v) is 5.39. The Morgan fingerprint density at radius 1 is 1.13 bits per heavy atom. The van der Waals surface area contributed by atoms with Gasteiger partial charge in [0.15, 0.2) is 5.43 Å². The lowest BCUT2D eigenvalue weighted by Gasteiger charge is -2.34. The first kappa shape index (κ1) is 16.5. The molecule has 1 aromatic carbocycles. The van der Waals surface area contributed by atoms with Gasteiger partial charge in [0.25, 0.3) is 0 Å². The molecular formula is C18H24ClN3O. The highest BCUT2D eigenvalue weighted by Crippen LogP contribution is 2.23. The monoisotopic (exact) mass is 333 g/mol. The van der Waals surface area contributed by atoms with Gasteiger partial charge in [0.2, 0.25) is 0 Å². The van der Waals surface area contributed by atoms with E-state index in [1.807, 2.05) is 26.0 Å². The molecule has 0 saturated carbocycles. The number of hydrogen-bond acceptors (Lipinski definition) is 3. The Bertz CT molecular complexity index is 776. The number of nitrogens with one attached hydrogen (secondary N) is 1. The van der Waals surface area contributed by atoms with E-state index in [1.165, 1.54) is 0 Å². The SMILES string of the molecule is CCN1CCN(Cc2c(C)[nH]c3c(C)c(Cl)ccc3c2=O)CC1. The highest BCUT2D eigenvalue weighted by molar-refractivity contribution is 6.32. The lowest BCUT2D eigenvalue weighted by atomic mass is 10.0. The number of H-pyrrole nitrogens is 1. The molecule has 1 fully saturated rings. The van der Waals surface area contributed by atoms with Crippen molar-refractivity contribution in [2.45, 2.75) is 27.3 Å². The second kappa shape index (κ2) is 6.63. The largest absolute Gasteiger partial charge is 0.358 e. The average molecular weight is 334 g/mol. The molecule has 5 heteroatoms. The summed E-state index contributed by atoms with van der Waals surface area (Å²) in [4.78, 5) is 21.1. The third kappa shape index (κ3) is 3.16. The lowest BCUT2D eigenvalue weighted by molar-refractivity contribution is 0.131. The van der Waals surface area contributed by atoms with Crippen LogP contribution in [0.1, 0.15) is 23.7 Å². The summed E-state index contributed by atoms with van der Waals surface area (Å²) in [7, 11) is 0. The van der Waals surface area contributed by atoms with Crippen molar-refractivity contribution in [1.29, 1.82) is 0 Å². The number of fused-ring (bicyclic) bond motifs is 1. The van der Waals surface area contributed by atoms with E-state index in [1.54, 1.807) is 0 Å². The fraction of sp³-hybridized carbons (Fsp3) is 0.500. The van der Waals surface area contributed by atoms with Gasteiger partial charge in [0.1, 0.15) is 0 Å². The first-order chi connectivity index (χ1) is 11.0. The minimum absolute atomic E-state index is 0.133. The molecule has 0 atom stereocenters. The Balaban J connectivity index is 1.93. The molecule has 1 N–H and O–H groups in total. The lowest BCUT2D eigenvalue weighted by Crippen LogP contribution is -2.46. The number of benzene rings is 1. The Morgan fingerprint density at radius 2 is 1.78 bits per heavy atom. The van der Waals surface area contributed by atoms with Crippen molar-refractivity contribution < 1.29 is 0 Å². The number of aromatic amines is 1. The number of halogens is 1. The molecule has 1 aromatic heterocycles. The van der Waals surface area contributed by atoms with Crippen LogP contribution >= 0.6 is 11.6 Å². The summed E-state index contributed by atoms with van der Waals surface area (Å²) in [6.45, 7) is 12.1. The summed E-state index contributed by atoms with van der Waals surface area (Å²) in [6, 6.07) is 3.65. The van der Waals surface area contributed by atoms with Crippen LogP contribution in [0, 0.1) is 13.8 Å². The number of likely N-dealkylation sites (N-methyl/N-ethyl adjacent to an activating group) is 1. The number of rotatable bonds is 3. The molecule has 0 amide bonds. The van der Waals surface area contributed by atoms with E-state index in [2.05, 4.69) is 21.7 Å². The summed E-state index contributed by atoms with van der Waals surface area (Å²) in [6.07, 6.45) is 0. The molecule has 1 saturated heterocycles. The zero-order chi connectivity index (χ0) is 16.6. The Hall–Kier alpha value is -1.36. The number of nitrogens with zero attached hydrogens (tertiary/aromatic N) is 2. The van der Waals surface area contributed by atoms with Gasteiger partial charge in [-0.05, 0) is 38.1 Å². The van der Waals surface area contributed by atoms with E-state index in [9.17, 15) is 4.79 Å². The molecule has 2 aromatic rings. The maximum atomic E-state index is 12.9. The van der Waals surface area contributed by atoms with Crippen LogP contribution in [0.4, 0.5) is 0 Å². The van der Waals surface area contributed by atoms with Crippen molar-refractivity contribution >= 4 is 22.5 Å². The van der Waals surface area contributed by atoms with Crippen molar-refractivity contribution in [1.82, 2.24) is 14.8 Å². The van der Waals surface area contributed by atoms with Crippen molar-refractivity contribution in [3.63, 3.8) is 0 Å². The van der Waals surface area contributed by atoms with Gasteiger partial charge in [-0.25, -0.2) is 0 Å². The van der Waals surface area contributed by atoms with Gasteiger partial charge in [-0.2, -0.15) is 0 Å². The maximum absolute atomic E-state index is 12.9. The van der Waals surface area contributed by atoms with Gasteiger partial charge in [0, 0.05) is 54.4 Å². The molecule has 1 aliphatic heterocycles. The topological polar surface area (TPSA) is 39.3 Å². The molecule has 0 radical (unpaired) electrons. The maximum Gasteiger partial charge on any atom is 0.194 e. The van der Waals surface area contributed by atoms with E-state index >= 15 is 0 Å². The fourth-order valence-electron chi connectivity index (χ4n) is 3.31. The van der Waals surface area contributed by atoms with Gasteiger partial charge in [-0.1, -0.05) is 18.5 Å². The summed E-state index contributed by atoms with van der Waals surface area (Å²) in [5.74, 6) is 0. The number of aryl methyl sites for hydroxylation is 2. The molecule has 124 valence electrons. The van der Waals surface area contributed by atoms with Crippen LogP contribution in [0.25, 0.3) is 10.9 Å². The van der Waals surface area contributed by atoms with E-state index in [0.29, 0.717) is 5.02 Å². The molecule has 0 aliphatic carbocycles. The van der Waals surface area contributed by atoms with Crippen LogP contribution in [0.3, 0.4) is 0 Å². The van der Waals surface area contributed by atoms with Crippen LogP contribution in [0.5, 0.6) is 0 Å².